The van der Waals surface area contributed by atoms with E-state index in [9.17, 15) is 10.2 Å². The van der Waals surface area contributed by atoms with Crippen molar-refractivity contribution in [2.45, 2.75) is 25.7 Å². The Hall–Kier alpha value is -3.52. The Labute approximate surface area is 176 Å². The van der Waals surface area contributed by atoms with E-state index in [2.05, 4.69) is 48.5 Å². The summed E-state index contributed by atoms with van der Waals surface area (Å²) in [5.74, 6) is 0.395. The summed E-state index contributed by atoms with van der Waals surface area (Å²) >= 11 is 0. The van der Waals surface area contributed by atoms with Gasteiger partial charge in [-0.2, -0.15) is 0 Å². The van der Waals surface area contributed by atoms with Crippen LogP contribution in [-0.4, -0.2) is 10.2 Å². The van der Waals surface area contributed by atoms with Gasteiger partial charge in [0.1, 0.15) is 11.5 Å². The summed E-state index contributed by atoms with van der Waals surface area (Å²) in [5, 5.41) is 25.8. The van der Waals surface area contributed by atoms with Crippen molar-refractivity contribution in [2.24, 2.45) is 0 Å². The van der Waals surface area contributed by atoms with Crippen molar-refractivity contribution in [2.75, 3.05) is 0 Å². The van der Waals surface area contributed by atoms with Gasteiger partial charge in [0, 0.05) is 10.8 Å². The second-order valence-corrected chi connectivity index (χ2v) is 7.94. The molecule has 2 nitrogen and oxygen atoms in total. The van der Waals surface area contributed by atoms with E-state index in [0.717, 1.165) is 0 Å². The first-order valence-electron chi connectivity index (χ1n) is 10.5. The normalized spacial score (nSPS) is 13.1. The van der Waals surface area contributed by atoms with Crippen LogP contribution in [0.3, 0.4) is 0 Å². The van der Waals surface area contributed by atoms with Crippen LogP contribution in [0, 0.1) is 0 Å². The minimum atomic E-state index is 0.198. The first-order chi connectivity index (χ1) is 14.7. The maximum atomic E-state index is 9.38. The molecule has 2 N–H and O–H groups in total. The molecule has 0 spiro atoms. The van der Waals surface area contributed by atoms with Crippen LogP contribution in [0.15, 0.2) is 84.9 Å². The molecule has 0 amide bonds. The summed E-state index contributed by atoms with van der Waals surface area (Å²) in [7, 11) is 0. The van der Waals surface area contributed by atoms with Crippen molar-refractivity contribution >= 4 is 32.3 Å². The lowest BCUT2D eigenvalue weighted by Crippen LogP contribution is -2.02. The van der Waals surface area contributed by atoms with Crippen LogP contribution < -0.4 is 0 Å². The first kappa shape index (κ1) is 18.5. The molecule has 0 aromatic heterocycles. The number of aryl methyl sites for hydroxylation is 2. The fourth-order valence-electron chi connectivity index (χ4n) is 4.62. The highest BCUT2D eigenvalue weighted by molar-refractivity contribution is 6.08. The zero-order valence-corrected chi connectivity index (χ0v) is 16.8. The molecule has 0 saturated carbocycles. The van der Waals surface area contributed by atoms with Gasteiger partial charge in [-0.15, -0.1) is 0 Å². The number of rotatable bonds is 0. The summed E-state index contributed by atoms with van der Waals surface area (Å²) in [6.45, 7) is 0. The van der Waals surface area contributed by atoms with Gasteiger partial charge >= 0.3 is 0 Å². The van der Waals surface area contributed by atoms with Crippen molar-refractivity contribution in [1.82, 2.24) is 0 Å². The molecule has 6 rings (SSSR count). The Bertz CT molecular complexity index is 1330. The second-order valence-electron chi connectivity index (χ2n) is 7.94. The van der Waals surface area contributed by atoms with E-state index >= 15 is 0 Å². The Morgan fingerprint density at radius 1 is 0.467 bits per heavy atom. The smallest absolute Gasteiger partial charge is 0.123 e. The molecule has 0 fully saturated rings. The number of fused-ring (bicyclic) bond motifs is 6. The Morgan fingerprint density at radius 2 is 1.10 bits per heavy atom. The Kier molecular flexibility index (Phi) is 4.76. The van der Waals surface area contributed by atoms with Gasteiger partial charge in [-0.05, 0) is 70.5 Å². The fourth-order valence-corrected chi connectivity index (χ4v) is 4.62. The van der Waals surface area contributed by atoms with Crippen molar-refractivity contribution < 1.29 is 10.2 Å². The topological polar surface area (TPSA) is 40.5 Å². The van der Waals surface area contributed by atoms with E-state index in [1.165, 1.54) is 47.2 Å². The van der Waals surface area contributed by atoms with E-state index in [1.54, 1.807) is 47.5 Å². The summed E-state index contributed by atoms with van der Waals surface area (Å²) in [6, 6.07) is 28.1. The second kappa shape index (κ2) is 7.72. The quantitative estimate of drug-likeness (QED) is 0.275. The van der Waals surface area contributed by atoms with Gasteiger partial charge in [-0.25, -0.2) is 0 Å². The van der Waals surface area contributed by atoms with Gasteiger partial charge in [0.25, 0.3) is 0 Å². The Balaban J connectivity index is 0.000000140. The number of phenolic OH excluding ortho intramolecular Hbond substituents is 2. The van der Waals surface area contributed by atoms with E-state index in [4.69, 9.17) is 0 Å². The van der Waals surface area contributed by atoms with E-state index in [-0.39, 0.29) is 11.5 Å². The summed E-state index contributed by atoms with van der Waals surface area (Å²) in [5.41, 5.74) is 3.17. The van der Waals surface area contributed by atoms with Crippen molar-refractivity contribution in [3.05, 3.63) is 96.1 Å². The molecule has 0 saturated heterocycles. The fraction of sp³-hybridized carbons (Fsp3) is 0.143. The van der Waals surface area contributed by atoms with Gasteiger partial charge in [-0.3, -0.25) is 0 Å². The number of aromatic hydroxyl groups is 2. The molecule has 2 heteroatoms. The molecule has 0 unspecified atom stereocenters. The molecule has 0 heterocycles. The monoisotopic (exact) mass is 392 g/mol. The standard InChI is InChI=1S/C18H16.C10H8O2/c1-3-7-15-13(5-1)9-11-18-16-8-4-2-6-14(16)10-12-17(15)18;11-9-5-1-3-7-8(9)4-2-6-10(7)12/h1,3,5,7,9-12H,2,4,6,8H2;1-6,11-12H. The lowest BCUT2D eigenvalue weighted by atomic mass is 9.86. The molecule has 0 atom stereocenters. The van der Waals surface area contributed by atoms with Crippen molar-refractivity contribution in [3.63, 3.8) is 0 Å². The average Bonchev–Trinajstić information content (AvgIpc) is 2.80. The summed E-state index contributed by atoms with van der Waals surface area (Å²) in [4.78, 5) is 0. The zero-order chi connectivity index (χ0) is 20.5. The molecular formula is C28H24O2. The minimum absolute atomic E-state index is 0.198. The summed E-state index contributed by atoms with van der Waals surface area (Å²) < 4.78 is 0. The molecular weight excluding hydrogens is 368 g/mol. The van der Waals surface area contributed by atoms with E-state index < -0.39 is 0 Å². The molecule has 30 heavy (non-hydrogen) atoms. The number of hydrogen-bond donors (Lipinski definition) is 2. The Morgan fingerprint density at radius 3 is 1.87 bits per heavy atom. The third kappa shape index (κ3) is 3.25. The average molecular weight is 392 g/mol. The van der Waals surface area contributed by atoms with Crippen LogP contribution in [0.25, 0.3) is 32.3 Å². The highest BCUT2D eigenvalue weighted by atomic mass is 16.3. The van der Waals surface area contributed by atoms with Crippen LogP contribution in [0.5, 0.6) is 11.5 Å². The number of benzene rings is 5. The van der Waals surface area contributed by atoms with Crippen molar-refractivity contribution in [1.29, 1.82) is 0 Å². The lowest BCUT2D eigenvalue weighted by molar-refractivity contribution is 0.475. The largest absolute Gasteiger partial charge is 0.507 e. The summed E-state index contributed by atoms with van der Waals surface area (Å²) in [6.07, 6.45) is 5.22. The maximum absolute atomic E-state index is 9.38. The van der Waals surface area contributed by atoms with Crippen molar-refractivity contribution in [3.8, 4) is 11.5 Å². The van der Waals surface area contributed by atoms with Crippen LogP contribution in [0.1, 0.15) is 24.0 Å². The minimum Gasteiger partial charge on any atom is -0.507 e. The zero-order valence-electron chi connectivity index (χ0n) is 16.8. The molecule has 5 aromatic rings. The molecule has 0 aliphatic heterocycles. The third-order valence-corrected chi connectivity index (χ3v) is 6.13. The molecule has 0 radical (unpaired) electrons. The molecule has 148 valence electrons. The maximum Gasteiger partial charge on any atom is 0.123 e. The SMILES string of the molecule is Oc1cccc2c(O)cccc12.c1ccc2c(c1)ccc1c3c(ccc12)CCCC3. The van der Waals surface area contributed by atoms with Crippen LogP contribution in [0.4, 0.5) is 0 Å². The number of phenols is 2. The van der Waals surface area contributed by atoms with Crippen LogP contribution in [0.2, 0.25) is 0 Å². The van der Waals surface area contributed by atoms with Crippen LogP contribution in [-0.2, 0) is 12.8 Å². The van der Waals surface area contributed by atoms with E-state index in [0.29, 0.717) is 10.8 Å². The van der Waals surface area contributed by atoms with Crippen LogP contribution >= 0.6 is 0 Å². The molecule has 0 bridgehead atoms. The van der Waals surface area contributed by atoms with Gasteiger partial charge in [-0.1, -0.05) is 72.8 Å². The molecule has 5 aromatic carbocycles. The van der Waals surface area contributed by atoms with Gasteiger partial charge in [0.2, 0.25) is 0 Å². The predicted molar refractivity (Wildman–Crippen MR) is 125 cm³/mol. The molecule has 1 aliphatic carbocycles. The van der Waals surface area contributed by atoms with Gasteiger partial charge < -0.3 is 10.2 Å². The first-order valence-corrected chi connectivity index (χ1v) is 10.5. The van der Waals surface area contributed by atoms with Gasteiger partial charge in [0.15, 0.2) is 0 Å². The van der Waals surface area contributed by atoms with Gasteiger partial charge in [0.05, 0.1) is 0 Å². The lowest BCUT2D eigenvalue weighted by Gasteiger charge is -2.18. The molecule has 1 aliphatic rings. The highest BCUT2D eigenvalue weighted by Gasteiger charge is 2.13. The number of hydrogen-bond acceptors (Lipinski definition) is 2. The third-order valence-electron chi connectivity index (χ3n) is 6.13. The highest BCUT2D eigenvalue weighted by Crippen LogP contribution is 2.33. The van der Waals surface area contributed by atoms with E-state index in [1.807, 2.05) is 0 Å². The predicted octanol–water partition coefficient (Wildman–Crippen LogP) is 7.12.